The monoisotopic (exact) mass is 364 g/mol. The van der Waals surface area contributed by atoms with Crippen LogP contribution in [0.25, 0.3) is 0 Å². The van der Waals surface area contributed by atoms with Gasteiger partial charge in [0.05, 0.1) is 0 Å². The summed E-state index contributed by atoms with van der Waals surface area (Å²) in [4.78, 5) is -0.262. The number of aryl methyl sites for hydroxylation is 1. The molecular weight excluding hydrogens is 340 g/mol. The van der Waals surface area contributed by atoms with Gasteiger partial charge in [0.2, 0.25) is 0 Å². The van der Waals surface area contributed by atoms with Crippen molar-refractivity contribution < 1.29 is 22.8 Å². The Balaban J connectivity index is 2.29. The molecule has 0 spiro atoms. The fourth-order valence-corrected chi connectivity index (χ4v) is 3.32. The fraction of sp³-hybridized carbons (Fsp3) is 0.368. The lowest BCUT2D eigenvalue weighted by atomic mass is 10.0. The van der Waals surface area contributed by atoms with Gasteiger partial charge in [0.15, 0.2) is 5.75 Å². The lowest BCUT2D eigenvalue weighted by Crippen LogP contribution is -2.04. The molecule has 0 fully saturated rings. The first kappa shape index (κ1) is 19.3. The summed E-state index contributed by atoms with van der Waals surface area (Å²) in [6, 6.07) is 10.8. The lowest BCUT2D eigenvalue weighted by molar-refractivity contribution is 0.436. The summed E-state index contributed by atoms with van der Waals surface area (Å²) in [7, 11) is -4.41. The second-order valence-corrected chi connectivity index (χ2v) is 7.37. The lowest BCUT2D eigenvalue weighted by Gasteiger charge is -2.14. The van der Waals surface area contributed by atoms with E-state index in [1.54, 1.807) is 24.3 Å². The van der Waals surface area contributed by atoms with Gasteiger partial charge >= 0.3 is 0 Å². The molecule has 0 aliphatic carbocycles. The van der Waals surface area contributed by atoms with Crippen LogP contribution >= 0.6 is 0 Å². The van der Waals surface area contributed by atoms with E-state index >= 15 is 0 Å². The Hall–Kier alpha value is -2.05. The highest BCUT2D eigenvalue weighted by Gasteiger charge is 2.20. The van der Waals surface area contributed by atoms with Crippen LogP contribution in [0.1, 0.15) is 44.6 Å². The van der Waals surface area contributed by atoms with E-state index in [0.717, 1.165) is 31.2 Å². The molecule has 0 atom stereocenters. The molecule has 2 aromatic carbocycles. The standard InChI is InChI=1S/C19H24O5S/c1-2-3-4-5-6-9-15-10-7-13-18(25(21,22)23)19(15)24-17-12-8-11-16(20)14-17/h7-8,10-14,20H,2-6,9H2,1H3,(H,21,22,23). The van der Waals surface area contributed by atoms with Gasteiger partial charge in [0, 0.05) is 6.07 Å². The van der Waals surface area contributed by atoms with Crippen molar-refractivity contribution >= 4 is 10.1 Å². The second-order valence-electron chi connectivity index (χ2n) is 5.98. The van der Waals surface area contributed by atoms with Crippen molar-refractivity contribution in [3.05, 3.63) is 48.0 Å². The third-order valence-electron chi connectivity index (χ3n) is 3.93. The van der Waals surface area contributed by atoms with Crippen molar-refractivity contribution in [3.8, 4) is 17.2 Å². The van der Waals surface area contributed by atoms with Crippen molar-refractivity contribution in [2.24, 2.45) is 0 Å². The number of rotatable bonds is 9. The van der Waals surface area contributed by atoms with Gasteiger partial charge in [-0.25, -0.2) is 0 Å². The Morgan fingerprint density at radius 2 is 1.72 bits per heavy atom. The number of ether oxygens (including phenoxy) is 1. The molecule has 0 bridgehead atoms. The topological polar surface area (TPSA) is 83.8 Å². The predicted octanol–water partition coefficient (Wildman–Crippen LogP) is 4.94. The number of phenolic OH excluding ortho intramolecular Hbond substituents is 1. The maximum Gasteiger partial charge on any atom is 0.298 e. The minimum absolute atomic E-state index is 0.0166. The van der Waals surface area contributed by atoms with Gasteiger partial charge in [-0.1, -0.05) is 50.8 Å². The van der Waals surface area contributed by atoms with Crippen LogP contribution in [0.2, 0.25) is 0 Å². The summed E-state index contributed by atoms with van der Waals surface area (Å²) in [6.07, 6.45) is 6.08. The zero-order valence-corrected chi connectivity index (χ0v) is 15.1. The molecule has 0 aliphatic heterocycles. The summed E-state index contributed by atoms with van der Waals surface area (Å²) < 4.78 is 38.6. The molecule has 0 saturated heterocycles. The Labute approximate surface area is 149 Å². The summed E-state index contributed by atoms with van der Waals surface area (Å²) in [6.45, 7) is 2.15. The molecule has 25 heavy (non-hydrogen) atoms. The molecule has 0 aromatic heterocycles. The average Bonchev–Trinajstić information content (AvgIpc) is 2.55. The quantitative estimate of drug-likeness (QED) is 0.486. The molecule has 0 heterocycles. The number of unbranched alkanes of at least 4 members (excludes halogenated alkanes) is 4. The molecule has 0 saturated carbocycles. The van der Waals surface area contributed by atoms with E-state index in [1.165, 1.54) is 24.6 Å². The number of hydrogen-bond acceptors (Lipinski definition) is 4. The molecule has 0 unspecified atom stereocenters. The third kappa shape index (κ3) is 5.76. The number of hydrogen-bond donors (Lipinski definition) is 2. The molecule has 6 heteroatoms. The first-order chi connectivity index (χ1) is 11.9. The van der Waals surface area contributed by atoms with E-state index in [9.17, 15) is 18.1 Å². The average molecular weight is 364 g/mol. The highest BCUT2D eigenvalue weighted by atomic mass is 32.2. The van der Waals surface area contributed by atoms with Crippen molar-refractivity contribution in [2.45, 2.75) is 50.3 Å². The van der Waals surface area contributed by atoms with E-state index < -0.39 is 10.1 Å². The van der Waals surface area contributed by atoms with Crippen LogP contribution in [0.3, 0.4) is 0 Å². The molecule has 0 radical (unpaired) electrons. The normalized spacial score (nSPS) is 11.4. The molecule has 5 nitrogen and oxygen atoms in total. The summed E-state index contributed by atoms with van der Waals surface area (Å²) >= 11 is 0. The van der Waals surface area contributed by atoms with Gasteiger partial charge in [0.1, 0.15) is 16.4 Å². The minimum Gasteiger partial charge on any atom is -0.508 e. The van der Waals surface area contributed by atoms with Crippen molar-refractivity contribution in [2.75, 3.05) is 0 Å². The van der Waals surface area contributed by atoms with Gasteiger partial charge in [-0.3, -0.25) is 4.55 Å². The molecule has 2 rings (SSSR count). The minimum atomic E-state index is -4.41. The van der Waals surface area contributed by atoms with Crippen LogP contribution < -0.4 is 4.74 Å². The Kier molecular flexibility index (Phi) is 6.84. The number of benzene rings is 2. The van der Waals surface area contributed by atoms with Crippen molar-refractivity contribution in [3.63, 3.8) is 0 Å². The second kappa shape index (κ2) is 8.87. The van der Waals surface area contributed by atoms with E-state index in [1.807, 2.05) is 0 Å². The zero-order chi connectivity index (χ0) is 18.3. The predicted molar refractivity (Wildman–Crippen MR) is 96.9 cm³/mol. The van der Waals surface area contributed by atoms with Gasteiger partial charge < -0.3 is 9.84 Å². The molecular formula is C19H24O5S. The first-order valence-corrected chi connectivity index (χ1v) is 9.92. The van der Waals surface area contributed by atoms with Gasteiger partial charge in [-0.05, 0) is 36.6 Å². The van der Waals surface area contributed by atoms with Crippen LogP contribution in [-0.2, 0) is 16.5 Å². The van der Waals surface area contributed by atoms with E-state index in [4.69, 9.17) is 4.74 Å². The molecule has 0 amide bonds. The molecule has 136 valence electrons. The fourth-order valence-electron chi connectivity index (χ4n) is 2.66. The number of aromatic hydroxyl groups is 1. The highest BCUT2D eigenvalue weighted by Crippen LogP contribution is 2.34. The Bertz CT molecular complexity index is 799. The molecule has 2 N–H and O–H groups in total. The van der Waals surface area contributed by atoms with Gasteiger partial charge in [-0.15, -0.1) is 0 Å². The van der Waals surface area contributed by atoms with Crippen molar-refractivity contribution in [1.29, 1.82) is 0 Å². The maximum atomic E-state index is 11.7. The Morgan fingerprint density at radius 1 is 1.00 bits per heavy atom. The van der Waals surface area contributed by atoms with Crippen LogP contribution in [0, 0.1) is 0 Å². The van der Waals surface area contributed by atoms with E-state index in [-0.39, 0.29) is 16.4 Å². The summed E-state index contributed by atoms with van der Waals surface area (Å²) in [5.41, 5.74) is 0.718. The summed E-state index contributed by atoms with van der Waals surface area (Å²) in [5, 5.41) is 9.57. The maximum absolute atomic E-state index is 11.7. The summed E-state index contributed by atoms with van der Waals surface area (Å²) in [5.74, 6) is 0.442. The largest absolute Gasteiger partial charge is 0.508 e. The van der Waals surface area contributed by atoms with E-state index in [2.05, 4.69) is 6.92 Å². The van der Waals surface area contributed by atoms with Crippen LogP contribution in [0.5, 0.6) is 17.2 Å². The zero-order valence-electron chi connectivity index (χ0n) is 14.3. The van der Waals surface area contributed by atoms with Crippen LogP contribution in [-0.4, -0.2) is 18.1 Å². The van der Waals surface area contributed by atoms with Crippen LogP contribution in [0.15, 0.2) is 47.4 Å². The third-order valence-corrected chi connectivity index (χ3v) is 4.80. The highest BCUT2D eigenvalue weighted by molar-refractivity contribution is 7.86. The van der Waals surface area contributed by atoms with Gasteiger partial charge in [0.25, 0.3) is 10.1 Å². The Morgan fingerprint density at radius 3 is 2.40 bits per heavy atom. The number of phenols is 1. The number of para-hydroxylation sites is 1. The van der Waals surface area contributed by atoms with Gasteiger partial charge in [-0.2, -0.15) is 8.42 Å². The van der Waals surface area contributed by atoms with Crippen LogP contribution in [0.4, 0.5) is 0 Å². The van der Waals surface area contributed by atoms with Crippen molar-refractivity contribution in [1.82, 2.24) is 0 Å². The smallest absolute Gasteiger partial charge is 0.298 e. The molecule has 0 aliphatic rings. The van der Waals surface area contributed by atoms with E-state index in [0.29, 0.717) is 12.2 Å². The SMILES string of the molecule is CCCCCCCc1cccc(S(=O)(=O)O)c1Oc1cccc(O)c1. The first-order valence-electron chi connectivity index (χ1n) is 8.48. The molecule has 2 aromatic rings.